The van der Waals surface area contributed by atoms with Gasteiger partial charge in [-0.1, -0.05) is 18.0 Å². The van der Waals surface area contributed by atoms with E-state index in [1.54, 1.807) is 10.4 Å². The Hall–Kier alpha value is -0.820. The van der Waals surface area contributed by atoms with E-state index >= 15 is 0 Å². The molecule has 0 saturated carbocycles. The van der Waals surface area contributed by atoms with Crippen molar-refractivity contribution < 1.29 is 13.2 Å². The second-order valence-electron chi connectivity index (χ2n) is 5.14. The van der Waals surface area contributed by atoms with Gasteiger partial charge in [0.2, 0.25) is 10.0 Å². The number of sulfonamides is 1. The molecule has 1 fully saturated rings. The van der Waals surface area contributed by atoms with Crippen LogP contribution in [0.15, 0.2) is 23.1 Å². The summed E-state index contributed by atoms with van der Waals surface area (Å²) in [5, 5.41) is 0.447. The summed E-state index contributed by atoms with van der Waals surface area (Å²) in [6, 6.07) is 4.56. The third-order valence-electron chi connectivity index (χ3n) is 3.79. The number of hydrogen-bond acceptors (Lipinski definition) is 4. The van der Waals surface area contributed by atoms with Crippen LogP contribution in [-0.2, 0) is 10.0 Å². The first kappa shape index (κ1) is 16.5. The fourth-order valence-corrected chi connectivity index (χ4v) is 4.78. The molecule has 118 valence electrons. The average Bonchev–Trinajstić information content (AvgIpc) is 2.47. The highest BCUT2D eigenvalue weighted by Crippen LogP contribution is 2.33. The van der Waals surface area contributed by atoms with Crippen LogP contribution < -0.4 is 10.5 Å². The highest BCUT2D eigenvalue weighted by Gasteiger charge is 2.34. The first-order valence-electron chi connectivity index (χ1n) is 7.06. The maximum absolute atomic E-state index is 12.9. The molecule has 7 heteroatoms. The summed E-state index contributed by atoms with van der Waals surface area (Å²) in [7, 11) is -2.16. The largest absolute Gasteiger partial charge is 0.495 e. The van der Waals surface area contributed by atoms with E-state index in [4.69, 9.17) is 22.1 Å². The Morgan fingerprint density at radius 2 is 2.19 bits per heavy atom. The molecule has 1 aliphatic rings. The predicted octanol–water partition coefficient (Wildman–Crippen LogP) is 2.24. The van der Waals surface area contributed by atoms with Gasteiger partial charge < -0.3 is 10.5 Å². The molecule has 0 spiro atoms. The molecule has 1 saturated heterocycles. The van der Waals surface area contributed by atoms with Crippen molar-refractivity contribution in [3.63, 3.8) is 0 Å². The molecule has 1 atom stereocenters. The van der Waals surface area contributed by atoms with Gasteiger partial charge in [0.25, 0.3) is 0 Å². The van der Waals surface area contributed by atoms with Crippen LogP contribution in [-0.4, -0.2) is 39.0 Å². The molecule has 0 aromatic heterocycles. The molecule has 1 aliphatic heterocycles. The Balaban J connectivity index is 2.40. The van der Waals surface area contributed by atoms with Crippen molar-refractivity contribution >= 4 is 21.6 Å². The molecule has 21 heavy (non-hydrogen) atoms. The van der Waals surface area contributed by atoms with Crippen LogP contribution in [0, 0.1) is 0 Å². The molecule has 0 amide bonds. The molecular formula is C14H21ClN2O3S. The van der Waals surface area contributed by atoms with Gasteiger partial charge in [0.15, 0.2) is 0 Å². The lowest BCUT2D eigenvalue weighted by atomic mass is 10.0. The monoisotopic (exact) mass is 332 g/mol. The summed E-state index contributed by atoms with van der Waals surface area (Å²) in [4.78, 5) is 0.165. The molecule has 5 nitrogen and oxygen atoms in total. The van der Waals surface area contributed by atoms with Crippen LogP contribution in [0.25, 0.3) is 0 Å². The minimum Gasteiger partial charge on any atom is -0.495 e. The average molecular weight is 333 g/mol. The maximum atomic E-state index is 12.9. The van der Waals surface area contributed by atoms with Crippen molar-refractivity contribution in [3.8, 4) is 5.75 Å². The van der Waals surface area contributed by atoms with Crippen molar-refractivity contribution in [3.05, 3.63) is 23.2 Å². The third kappa shape index (κ3) is 3.51. The van der Waals surface area contributed by atoms with Gasteiger partial charge in [-0.05, 0) is 37.9 Å². The van der Waals surface area contributed by atoms with E-state index in [2.05, 4.69) is 0 Å². The first-order valence-corrected chi connectivity index (χ1v) is 8.88. The number of nitrogens with zero attached hydrogens (tertiary/aromatic N) is 1. The second-order valence-corrected chi connectivity index (χ2v) is 7.43. The Labute approximate surface area is 131 Å². The smallest absolute Gasteiger partial charge is 0.247 e. The quantitative estimate of drug-likeness (QED) is 0.897. The van der Waals surface area contributed by atoms with Crippen LogP contribution in [0.5, 0.6) is 5.75 Å². The highest BCUT2D eigenvalue weighted by atomic mass is 35.5. The summed E-state index contributed by atoms with van der Waals surface area (Å²) in [6.45, 7) is 1.01. The van der Waals surface area contributed by atoms with Crippen molar-refractivity contribution in [2.24, 2.45) is 5.73 Å². The van der Waals surface area contributed by atoms with E-state index < -0.39 is 10.0 Å². The van der Waals surface area contributed by atoms with Crippen LogP contribution in [0.4, 0.5) is 0 Å². The molecule has 1 unspecified atom stereocenters. The summed E-state index contributed by atoms with van der Waals surface area (Å²) in [6.07, 6.45) is 3.44. The number of methoxy groups -OCH3 is 1. The van der Waals surface area contributed by atoms with E-state index in [1.807, 2.05) is 0 Å². The molecule has 2 N–H and O–H groups in total. The fraction of sp³-hybridized carbons (Fsp3) is 0.571. The van der Waals surface area contributed by atoms with E-state index in [0.29, 0.717) is 24.5 Å². The van der Waals surface area contributed by atoms with Gasteiger partial charge in [-0.15, -0.1) is 0 Å². The lowest BCUT2D eigenvalue weighted by Crippen LogP contribution is -2.44. The SMILES string of the molecule is COc1cc(Cl)ccc1S(=O)(=O)N1CCCCC1CCN. The highest BCUT2D eigenvalue weighted by molar-refractivity contribution is 7.89. The van der Waals surface area contributed by atoms with Crippen molar-refractivity contribution in [2.45, 2.75) is 36.6 Å². The predicted molar refractivity (Wildman–Crippen MR) is 83.2 cm³/mol. The zero-order valence-electron chi connectivity index (χ0n) is 12.1. The minimum atomic E-state index is -3.60. The van der Waals surface area contributed by atoms with Crippen LogP contribution in [0.1, 0.15) is 25.7 Å². The van der Waals surface area contributed by atoms with Crippen LogP contribution >= 0.6 is 11.6 Å². The van der Waals surface area contributed by atoms with Gasteiger partial charge >= 0.3 is 0 Å². The molecule has 1 aromatic rings. The number of ether oxygens (including phenoxy) is 1. The summed E-state index contributed by atoms with van der Waals surface area (Å²) in [5.41, 5.74) is 5.62. The second kappa shape index (κ2) is 6.96. The van der Waals surface area contributed by atoms with Gasteiger partial charge in [0.05, 0.1) is 7.11 Å². The fourth-order valence-electron chi connectivity index (χ4n) is 2.75. The Bertz CT molecular complexity index is 590. The van der Waals surface area contributed by atoms with E-state index in [0.717, 1.165) is 19.3 Å². The number of halogens is 1. The number of hydrogen-bond donors (Lipinski definition) is 1. The zero-order valence-corrected chi connectivity index (χ0v) is 13.7. The molecule has 0 bridgehead atoms. The summed E-state index contributed by atoms with van der Waals surface area (Å²) in [5.74, 6) is 0.277. The molecule has 2 rings (SSSR count). The number of nitrogens with two attached hydrogens (primary N) is 1. The molecule has 1 aromatic carbocycles. The van der Waals surface area contributed by atoms with Crippen LogP contribution in [0.3, 0.4) is 0 Å². The van der Waals surface area contributed by atoms with E-state index in [9.17, 15) is 8.42 Å². The van der Waals surface area contributed by atoms with Crippen molar-refractivity contribution in [1.29, 1.82) is 0 Å². The minimum absolute atomic E-state index is 0.0332. The Kier molecular flexibility index (Phi) is 5.48. The Morgan fingerprint density at radius 1 is 1.43 bits per heavy atom. The van der Waals surface area contributed by atoms with Crippen LogP contribution in [0.2, 0.25) is 5.02 Å². The first-order chi connectivity index (χ1) is 10.0. The number of benzene rings is 1. The lowest BCUT2D eigenvalue weighted by Gasteiger charge is -2.34. The van der Waals surface area contributed by atoms with Crippen molar-refractivity contribution in [1.82, 2.24) is 4.31 Å². The standard InChI is InChI=1S/C14H21ClN2O3S/c1-20-13-10-11(15)5-6-14(13)21(18,19)17-9-3-2-4-12(17)7-8-16/h5-6,10,12H,2-4,7-9,16H2,1H3. The normalized spacial score (nSPS) is 20.4. The van der Waals surface area contributed by atoms with Gasteiger partial charge in [-0.2, -0.15) is 4.31 Å². The third-order valence-corrected chi connectivity index (χ3v) is 6.01. The van der Waals surface area contributed by atoms with Gasteiger partial charge in [0.1, 0.15) is 10.6 Å². The Morgan fingerprint density at radius 3 is 2.86 bits per heavy atom. The van der Waals surface area contributed by atoms with E-state index in [1.165, 1.54) is 19.2 Å². The summed E-state index contributed by atoms with van der Waals surface area (Å²) < 4.78 is 32.6. The molecular weight excluding hydrogens is 312 g/mol. The zero-order chi connectivity index (χ0) is 15.5. The maximum Gasteiger partial charge on any atom is 0.247 e. The topological polar surface area (TPSA) is 72.6 Å². The van der Waals surface area contributed by atoms with Gasteiger partial charge in [-0.25, -0.2) is 8.42 Å². The number of rotatable bonds is 5. The van der Waals surface area contributed by atoms with Gasteiger partial charge in [-0.3, -0.25) is 0 Å². The van der Waals surface area contributed by atoms with Gasteiger partial charge in [0, 0.05) is 23.7 Å². The van der Waals surface area contributed by atoms with E-state index in [-0.39, 0.29) is 16.7 Å². The molecule has 0 radical (unpaired) electrons. The lowest BCUT2D eigenvalue weighted by molar-refractivity contribution is 0.242. The summed E-state index contributed by atoms with van der Waals surface area (Å²) >= 11 is 5.90. The molecule has 1 heterocycles. The van der Waals surface area contributed by atoms with Crippen molar-refractivity contribution in [2.75, 3.05) is 20.2 Å². The number of piperidine rings is 1. The molecule has 0 aliphatic carbocycles.